The van der Waals surface area contributed by atoms with Crippen LogP contribution < -0.4 is 10.9 Å². The molecule has 5 N–H and O–H groups in total. The number of benzene rings is 1. The zero-order valence-electron chi connectivity index (χ0n) is 13.2. The molecule has 0 unspecified atom stereocenters. The molecule has 9 heteroatoms. The third-order valence-corrected chi connectivity index (χ3v) is 5.43. The maximum atomic E-state index is 12.5. The summed E-state index contributed by atoms with van der Waals surface area (Å²) in [5, 5.41) is 6.16. The highest BCUT2D eigenvalue weighted by molar-refractivity contribution is 7.86. The van der Waals surface area contributed by atoms with Gasteiger partial charge in [0, 0.05) is 43.3 Å². The predicted molar refractivity (Wildman–Crippen MR) is 91.2 cm³/mol. The summed E-state index contributed by atoms with van der Waals surface area (Å²) in [4.78, 5) is 17.3. The number of nitrogens with zero attached hydrogens (tertiary/aromatic N) is 2. The Kier molecular flexibility index (Phi) is 4.59. The summed E-state index contributed by atoms with van der Waals surface area (Å²) >= 11 is 0. The minimum atomic E-state index is -3.70. The zero-order chi connectivity index (χ0) is 17.3. The first-order valence-corrected chi connectivity index (χ1v) is 9.24. The van der Waals surface area contributed by atoms with Gasteiger partial charge in [0.1, 0.15) is 0 Å². The lowest BCUT2D eigenvalue weighted by Crippen LogP contribution is -2.55. The number of piperazine rings is 1. The van der Waals surface area contributed by atoms with E-state index in [0.29, 0.717) is 19.5 Å². The summed E-state index contributed by atoms with van der Waals surface area (Å²) < 4.78 is 23.8. The van der Waals surface area contributed by atoms with E-state index < -0.39 is 16.3 Å². The molecule has 0 saturated carbocycles. The second-order valence-corrected chi connectivity index (χ2v) is 7.49. The van der Waals surface area contributed by atoms with E-state index in [2.05, 4.69) is 4.98 Å². The van der Waals surface area contributed by atoms with Gasteiger partial charge in [0.25, 0.3) is 10.2 Å². The highest BCUT2D eigenvalue weighted by Crippen LogP contribution is 2.19. The van der Waals surface area contributed by atoms with Crippen LogP contribution >= 0.6 is 0 Å². The minimum Gasteiger partial charge on any atom is -0.361 e. The fourth-order valence-corrected chi connectivity index (χ4v) is 3.69. The molecule has 1 atom stereocenters. The Bertz CT molecular complexity index is 840. The number of aromatic nitrogens is 1. The second-order valence-electron chi connectivity index (χ2n) is 5.94. The monoisotopic (exact) mass is 351 g/mol. The molecule has 1 aliphatic heterocycles. The van der Waals surface area contributed by atoms with E-state index in [4.69, 9.17) is 10.9 Å². The van der Waals surface area contributed by atoms with Gasteiger partial charge in [0.05, 0.1) is 6.04 Å². The van der Waals surface area contributed by atoms with Gasteiger partial charge in [-0.05, 0) is 18.1 Å². The number of fused-ring (bicyclic) bond motifs is 1. The number of rotatable bonds is 4. The van der Waals surface area contributed by atoms with Crippen LogP contribution in [0.15, 0.2) is 30.5 Å². The van der Waals surface area contributed by atoms with Crippen molar-refractivity contribution >= 4 is 27.0 Å². The third kappa shape index (κ3) is 3.44. The molecule has 8 nitrogen and oxygen atoms in total. The van der Waals surface area contributed by atoms with Crippen LogP contribution in [0.5, 0.6) is 0 Å². The summed E-state index contributed by atoms with van der Waals surface area (Å²) in [5.74, 6) is -0.172. The quantitative estimate of drug-likeness (QED) is 0.679. The Morgan fingerprint density at radius 3 is 2.54 bits per heavy atom. The number of hydrogen-bond donors (Lipinski definition) is 3. The largest absolute Gasteiger partial charge is 0.361 e. The molecule has 1 aromatic heterocycles. The van der Waals surface area contributed by atoms with Gasteiger partial charge in [0.2, 0.25) is 5.91 Å². The SMILES string of the molecule is N[C@@H](Cc1c[nH]c2ccccc12)C(=O)N1CCN(S(N)(=O)=O)CC1. The third-order valence-electron chi connectivity index (χ3n) is 4.34. The van der Waals surface area contributed by atoms with E-state index in [0.717, 1.165) is 16.5 Å². The number of carbonyl (C=O) groups is 1. The molecule has 3 rings (SSSR count). The standard InChI is InChI=1S/C15H21N5O3S/c16-13(9-11-10-18-14-4-2-1-3-12(11)14)15(21)19-5-7-20(8-6-19)24(17,22)23/h1-4,10,13,18H,5-9,16H2,(H2,17,22,23)/t13-/m0/s1. The van der Waals surface area contributed by atoms with Gasteiger partial charge >= 0.3 is 0 Å². The van der Waals surface area contributed by atoms with Crippen molar-refractivity contribution in [1.29, 1.82) is 0 Å². The van der Waals surface area contributed by atoms with Crippen LogP contribution in [0.4, 0.5) is 0 Å². The molecular weight excluding hydrogens is 330 g/mol. The number of carbonyl (C=O) groups excluding carboxylic acids is 1. The van der Waals surface area contributed by atoms with Gasteiger partial charge in [-0.1, -0.05) is 18.2 Å². The van der Waals surface area contributed by atoms with Crippen molar-refractivity contribution in [2.75, 3.05) is 26.2 Å². The topological polar surface area (TPSA) is 126 Å². The van der Waals surface area contributed by atoms with Crippen LogP contribution in [0, 0.1) is 0 Å². The van der Waals surface area contributed by atoms with E-state index in [9.17, 15) is 13.2 Å². The molecule has 1 fully saturated rings. The van der Waals surface area contributed by atoms with E-state index in [1.165, 1.54) is 4.31 Å². The number of amides is 1. The van der Waals surface area contributed by atoms with Crippen molar-refractivity contribution < 1.29 is 13.2 Å². The van der Waals surface area contributed by atoms with Crippen LogP contribution in [-0.2, 0) is 21.4 Å². The van der Waals surface area contributed by atoms with Gasteiger partial charge < -0.3 is 15.6 Å². The smallest absolute Gasteiger partial charge is 0.277 e. The normalized spacial score (nSPS) is 18.0. The second kappa shape index (κ2) is 6.52. The van der Waals surface area contributed by atoms with Gasteiger partial charge in [0.15, 0.2) is 0 Å². The maximum absolute atomic E-state index is 12.5. The number of aromatic amines is 1. The molecular formula is C15H21N5O3S. The van der Waals surface area contributed by atoms with Gasteiger partial charge in [-0.25, -0.2) is 5.14 Å². The van der Waals surface area contributed by atoms with Gasteiger partial charge in [-0.15, -0.1) is 0 Å². The average molecular weight is 351 g/mol. The lowest BCUT2D eigenvalue weighted by atomic mass is 10.0. The zero-order valence-corrected chi connectivity index (χ0v) is 14.0. The van der Waals surface area contributed by atoms with Crippen molar-refractivity contribution in [3.8, 4) is 0 Å². The lowest BCUT2D eigenvalue weighted by molar-refractivity contribution is -0.133. The van der Waals surface area contributed by atoms with Crippen molar-refractivity contribution in [3.05, 3.63) is 36.0 Å². The predicted octanol–water partition coefficient (Wildman–Crippen LogP) is -0.615. The van der Waals surface area contributed by atoms with Gasteiger partial charge in [-0.2, -0.15) is 12.7 Å². The highest BCUT2D eigenvalue weighted by Gasteiger charge is 2.29. The van der Waals surface area contributed by atoms with E-state index >= 15 is 0 Å². The van der Waals surface area contributed by atoms with Crippen molar-refractivity contribution in [1.82, 2.24) is 14.2 Å². The number of para-hydroxylation sites is 1. The number of nitrogens with two attached hydrogens (primary N) is 2. The fraction of sp³-hybridized carbons (Fsp3) is 0.400. The molecule has 0 aliphatic carbocycles. The summed E-state index contributed by atoms with van der Waals surface area (Å²) in [6.07, 6.45) is 2.30. The molecule has 0 bridgehead atoms. The fourth-order valence-electron chi connectivity index (χ4n) is 3.02. The molecule has 1 saturated heterocycles. The first-order chi connectivity index (χ1) is 11.4. The number of H-pyrrole nitrogens is 1. The summed E-state index contributed by atoms with van der Waals surface area (Å²) in [5.41, 5.74) is 8.09. The molecule has 130 valence electrons. The van der Waals surface area contributed by atoms with E-state index in [1.807, 2.05) is 30.5 Å². The Hall–Kier alpha value is -1.94. The van der Waals surface area contributed by atoms with Crippen LogP contribution in [0.3, 0.4) is 0 Å². The van der Waals surface area contributed by atoms with Crippen LogP contribution in [0.2, 0.25) is 0 Å². The molecule has 2 aromatic rings. The first-order valence-electron chi connectivity index (χ1n) is 7.73. The number of nitrogens with one attached hydrogen (secondary N) is 1. The molecule has 1 aliphatic rings. The summed E-state index contributed by atoms with van der Waals surface area (Å²) in [6.45, 7) is 1.00. The van der Waals surface area contributed by atoms with Crippen molar-refractivity contribution in [2.45, 2.75) is 12.5 Å². The van der Waals surface area contributed by atoms with Crippen molar-refractivity contribution in [3.63, 3.8) is 0 Å². The molecule has 24 heavy (non-hydrogen) atoms. The molecule has 1 aromatic carbocycles. The Balaban J connectivity index is 1.63. The van der Waals surface area contributed by atoms with E-state index in [-0.39, 0.29) is 19.0 Å². The average Bonchev–Trinajstić information content (AvgIpc) is 2.96. The summed E-state index contributed by atoms with van der Waals surface area (Å²) in [7, 11) is -3.70. The van der Waals surface area contributed by atoms with Crippen molar-refractivity contribution in [2.24, 2.45) is 10.9 Å². The molecule has 0 spiro atoms. The summed E-state index contributed by atoms with van der Waals surface area (Å²) in [6, 6.07) is 7.19. The van der Waals surface area contributed by atoms with E-state index in [1.54, 1.807) is 4.90 Å². The van der Waals surface area contributed by atoms with Crippen LogP contribution in [0.1, 0.15) is 5.56 Å². The Morgan fingerprint density at radius 1 is 1.21 bits per heavy atom. The molecule has 1 amide bonds. The Morgan fingerprint density at radius 2 is 1.88 bits per heavy atom. The minimum absolute atomic E-state index is 0.172. The molecule has 2 heterocycles. The number of hydrogen-bond acceptors (Lipinski definition) is 4. The lowest BCUT2D eigenvalue weighted by Gasteiger charge is -2.34. The first kappa shape index (κ1) is 16.9. The van der Waals surface area contributed by atoms with Gasteiger partial charge in [-0.3, -0.25) is 4.79 Å². The van der Waals surface area contributed by atoms with Crippen LogP contribution in [-0.4, -0.2) is 60.7 Å². The molecule has 0 radical (unpaired) electrons. The Labute approximate surface area is 140 Å². The highest BCUT2D eigenvalue weighted by atomic mass is 32.2. The maximum Gasteiger partial charge on any atom is 0.277 e. The van der Waals surface area contributed by atoms with Crippen LogP contribution in [0.25, 0.3) is 10.9 Å².